The maximum atomic E-state index is 13.8. The zero-order valence-corrected chi connectivity index (χ0v) is 28.8. The third-order valence-electron chi connectivity index (χ3n) is 6.76. The first-order valence-corrected chi connectivity index (χ1v) is 16.6. The molecule has 0 aliphatic heterocycles. The number of methoxy groups -OCH3 is 1. The van der Waals surface area contributed by atoms with Crippen molar-refractivity contribution >= 4 is 58.7 Å². The number of nitrogens with one attached hydrogen (secondary N) is 1. The molecule has 0 aromatic heterocycles. The van der Waals surface area contributed by atoms with Gasteiger partial charge in [-0.15, -0.1) is 0 Å². The van der Waals surface area contributed by atoms with Gasteiger partial charge >= 0.3 is 11.9 Å². The van der Waals surface area contributed by atoms with E-state index in [0.717, 1.165) is 14.8 Å². The molecule has 0 fully saturated rings. The zero-order valence-electron chi connectivity index (χ0n) is 26.2. The molecule has 0 amide bonds. The first-order valence-electron chi connectivity index (χ1n) is 14.4. The summed E-state index contributed by atoms with van der Waals surface area (Å²) < 4.78 is 18.4. The van der Waals surface area contributed by atoms with Gasteiger partial charge in [0.2, 0.25) is 0 Å². The molecule has 0 heterocycles. The molecule has 1 N–H and O–H groups in total. The van der Waals surface area contributed by atoms with Crippen molar-refractivity contribution in [1.29, 1.82) is 0 Å². The quantitative estimate of drug-likeness (QED) is 0.147. The van der Waals surface area contributed by atoms with Crippen molar-refractivity contribution in [2.24, 2.45) is 0 Å². The van der Waals surface area contributed by atoms with E-state index < -0.39 is 32.7 Å². The van der Waals surface area contributed by atoms with Gasteiger partial charge in [0.15, 0.2) is 6.10 Å². The van der Waals surface area contributed by atoms with Gasteiger partial charge in [-0.3, -0.25) is 0 Å². The van der Waals surface area contributed by atoms with Crippen LogP contribution in [-0.4, -0.2) is 33.7 Å². The highest BCUT2D eigenvalue weighted by molar-refractivity contribution is 9.10. The Bertz CT molecular complexity index is 1590. The van der Waals surface area contributed by atoms with Crippen LogP contribution in [0, 0.1) is 0 Å². The minimum Gasteiger partial charge on any atom is -0.465 e. The van der Waals surface area contributed by atoms with Crippen LogP contribution in [0.5, 0.6) is 0 Å². The van der Waals surface area contributed by atoms with Gasteiger partial charge in [0.1, 0.15) is 5.60 Å². The summed E-state index contributed by atoms with van der Waals surface area (Å²) in [5.41, 5.74) is 2.98. The molecule has 0 spiro atoms. The molecular formula is C36H39BrNO5Si. The molecule has 4 aromatic carbocycles. The number of carbonyl (C=O) groups excluding carboxylic acids is 2. The maximum absolute atomic E-state index is 13.8. The molecular weight excluding hydrogens is 634 g/mol. The van der Waals surface area contributed by atoms with Crippen LogP contribution in [-0.2, 0) is 24.1 Å². The topological polar surface area (TPSA) is 73.9 Å². The van der Waals surface area contributed by atoms with Gasteiger partial charge in [0, 0.05) is 10.2 Å². The fraction of sp³-hybridized carbons (Fsp3) is 0.278. The molecule has 4 aromatic rings. The fourth-order valence-electron chi connectivity index (χ4n) is 4.54. The average Bonchev–Trinajstić information content (AvgIpc) is 2.97. The van der Waals surface area contributed by atoms with Crippen molar-refractivity contribution in [3.05, 3.63) is 118 Å². The van der Waals surface area contributed by atoms with Gasteiger partial charge in [0.05, 0.1) is 18.4 Å². The highest BCUT2D eigenvalue weighted by Gasteiger charge is 2.33. The third kappa shape index (κ3) is 8.68. The van der Waals surface area contributed by atoms with Gasteiger partial charge in [-0.2, -0.15) is 0 Å². The Morgan fingerprint density at radius 3 is 2.07 bits per heavy atom. The van der Waals surface area contributed by atoms with Gasteiger partial charge in [0.25, 0.3) is 9.04 Å². The van der Waals surface area contributed by atoms with Crippen LogP contribution in [0.1, 0.15) is 69.1 Å². The molecule has 1 atom stereocenters. The Balaban J connectivity index is 1.74. The monoisotopic (exact) mass is 672 g/mol. The van der Waals surface area contributed by atoms with E-state index in [1.165, 1.54) is 12.7 Å². The number of hydrogen-bond acceptors (Lipinski definition) is 6. The predicted octanol–water partition coefficient (Wildman–Crippen LogP) is 7.48. The van der Waals surface area contributed by atoms with Crippen molar-refractivity contribution in [1.82, 2.24) is 0 Å². The number of benzene rings is 4. The summed E-state index contributed by atoms with van der Waals surface area (Å²) in [6, 6.07) is 31.2. The van der Waals surface area contributed by atoms with Crippen molar-refractivity contribution in [2.45, 2.75) is 58.7 Å². The van der Waals surface area contributed by atoms with Gasteiger partial charge in [-0.05, 0) is 93.9 Å². The molecule has 0 aliphatic carbocycles. The second kappa shape index (κ2) is 13.9. The van der Waals surface area contributed by atoms with Crippen LogP contribution in [0.4, 0.5) is 11.4 Å². The Morgan fingerprint density at radius 1 is 0.795 bits per heavy atom. The van der Waals surface area contributed by atoms with Crippen LogP contribution in [0.3, 0.4) is 0 Å². The predicted molar refractivity (Wildman–Crippen MR) is 181 cm³/mol. The molecule has 229 valence electrons. The van der Waals surface area contributed by atoms with E-state index in [1.54, 1.807) is 18.2 Å². The summed E-state index contributed by atoms with van der Waals surface area (Å²) >= 11 is 3.55. The van der Waals surface area contributed by atoms with E-state index in [0.29, 0.717) is 22.5 Å². The largest absolute Gasteiger partial charge is 0.465 e. The van der Waals surface area contributed by atoms with Gasteiger partial charge < -0.3 is 19.2 Å². The molecule has 4 rings (SSSR count). The van der Waals surface area contributed by atoms with Crippen molar-refractivity contribution in [2.75, 3.05) is 12.4 Å². The van der Waals surface area contributed by atoms with E-state index in [9.17, 15) is 9.59 Å². The lowest BCUT2D eigenvalue weighted by Crippen LogP contribution is -2.47. The van der Waals surface area contributed by atoms with E-state index in [2.05, 4.69) is 66.3 Å². The summed E-state index contributed by atoms with van der Waals surface area (Å²) in [5.74, 6) is -0.896. The molecule has 44 heavy (non-hydrogen) atoms. The Labute approximate surface area is 270 Å². The van der Waals surface area contributed by atoms with Crippen LogP contribution in [0.25, 0.3) is 0 Å². The number of anilines is 2. The highest BCUT2D eigenvalue weighted by atomic mass is 79.9. The Hall–Kier alpha value is -3.72. The van der Waals surface area contributed by atoms with Gasteiger partial charge in [-0.1, -0.05) is 87.5 Å². The lowest BCUT2D eigenvalue weighted by Gasteiger charge is -2.28. The molecule has 1 radical (unpaired) electrons. The molecule has 8 heteroatoms. The maximum Gasteiger partial charge on any atom is 0.339 e. The number of halogens is 1. The van der Waals surface area contributed by atoms with Crippen LogP contribution < -0.4 is 15.7 Å². The molecule has 0 saturated heterocycles. The van der Waals surface area contributed by atoms with E-state index in [-0.39, 0.29) is 5.41 Å². The second-order valence-electron chi connectivity index (χ2n) is 12.5. The zero-order chi connectivity index (χ0) is 32.1. The summed E-state index contributed by atoms with van der Waals surface area (Å²) in [5, 5.41) is 5.41. The van der Waals surface area contributed by atoms with E-state index in [4.69, 9.17) is 13.9 Å². The molecule has 0 bridgehead atoms. The minimum absolute atomic E-state index is 0.0108. The first-order chi connectivity index (χ1) is 20.7. The first kappa shape index (κ1) is 33.2. The highest BCUT2D eigenvalue weighted by Crippen LogP contribution is 2.31. The third-order valence-corrected chi connectivity index (χ3v) is 9.64. The van der Waals surface area contributed by atoms with Crippen molar-refractivity contribution in [3.8, 4) is 0 Å². The number of carbonyl (C=O) groups is 2. The summed E-state index contributed by atoms with van der Waals surface area (Å²) in [7, 11) is -0.533. The Kier molecular flexibility index (Phi) is 10.5. The number of esters is 2. The number of rotatable bonds is 9. The van der Waals surface area contributed by atoms with Crippen LogP contribution >= 0.6 is 15.9 Å². The van der Waals surface area contributed by atoms with Crippen LogP contribution in [0.2, 0.25) is 0 Å². The van der Waals surface area contributed by atoms with Crippen molar-refractivity contribution < 1.29 is 23.5 Å². The lowest BCUT2D eigenvalue weighted by molar-refractivity contribution is -0.164. The minimum atomic E-state index is -1.88. The smallest absolute Gasteiger partial charge is 0.339 e. The fourth-order valence-corrected chi connectivity index (χ4v) is 6.92. The number of ether oxygens (including phenoxy) is 2. The lowest BCUT2D eigenvalue weighted by atomic mass is 9.87. The molecule has 0 aliphatic rings. The second-order valence-corrected chi connectivity index (χ2v) is 15.4. The summed E-state index contributed by atoms with van der Waals surface area (Å²) in [6.45, 7) is 12.1. The summed E-state index contributed by atoms with van der Waals surface area (Å²) in [4.78, 5) is 25.9. The van der Waals surface area contributed by atoms with Gasteiger partial charge in [-0.25, -0.2) is 9.59 Å². The van der Waals surface area contributed by atoms with Crippen molar-refractivity contribution in [3.63, 3.8) is 0 Å². The Morgan fingerprint density at radius 2 is 1.45 bits per heavy atom. The molecule has 0 saturated carbocycles. The van der Waals surface area contributed by atoms with Crippen LogP contribution in [0.15, 0.2) is 102 Å². The normalized spacial score (nSPS) is 12.5. The summed E-state index contributed by atoms with van der Waals surface area (Å²) in [6.07, 6.45) is -0.989. The standard InChI is InChI=1S/C36H39BrNO5Si/c1-35(2,3)26-17-19-29(20-18-26)44(28-14-9-8-10-15-28)43-32(34(40)42-36(4,5)6)24-12-11-13-27(22-24)38-31-23-25(33(39)41-7)16-21-30(31)37/h8-23,32,38H,1-7H3. The van der Waals surface area contributed by atoms with E-state index >= 15 is 0 Å². The number of hydrogen-bond donors (Lipinski definition) is 1. The van der Waals surface area contributed by atoms with E-state index in [1.807, 2.05) is 75.4 Å². The SMILES string of the molecule is COC(=O)c1ccc(Br)c(Nc2cccc(C(O[Si](c3ccccc3)c3ccc(C(C)(C)C)cc3)C(=O)OC(C)(C)C)c2)c1. The molecule has 6 nitrogen and oxygen atoms in total. The average molecular weight is 674 g/mol. The molecule has 1 unspecified atom stereocenters.